The van der Waals surface area contributed by atoms with Crippen LogP contribution in [0.5, 0.6) is 5.75 Å². The molecule has 0 saturated carbocycles. The van der Waals surface area contributed by atoms with Crippen molar-refractivity contribution in [2.24, 2.45) is 10.9 Å². The van der Waals surface area contributed by atoms with Crippen molar-refractivity contribution < 1.29 is 14.3 Å². The number of methoxy groups -OCH3 is 1. The molecule has 0 amide bonds. The zero-order chi connectivity index (χ0) is 22.8. The number of fused-ring (bicyclic) bond motifs is 6. The molecule has 4 heterocycles. The molecule has 2 aromatic heterocycles. The molecule has 2 aliphatic heterocycles. The minimum Gasteiger partial charge on any atom is -0.469 e. The number of thiazole rings is 1. The molecule has 5 rings (SSSR count). The molecule has 3 aromatic rings. The molecule has 0 radical (unpaired) electrons. The summed E-state index contributed by atoms with van der Waals surface area (Å²) < 4.78 is 15.4. The molecule has 3 unspecified atom stereocenters. The molecule has 166 valence electrons. The molecule has 0 N–H and O–H groups in total. The maximum Gasteiger partial charge on any atom is 0.317 e. The van der Waals surface area contributed by atoms with Crippen molar-refractivity contribution >= 4 is 23.4 Å². The Labute approximate surface area is 188 Å². The standard InChI is InChI=1S/C23H24N4O4S/c1-6-26-13(3)15(12(2)25-26)11-17-20(28)27-19-14-9-7-8-10-16(14)31-23(4,24-22(27)32-17)18(19)21(29)30-5/h7-11,18-19H,6H2,1-5H3. The number of hydrogen-bond acceptors (Lipinski definition) is 7. The van der Waals surface area contributed by atoms with Crippen LogP contribution in [0.2, 0.25) is 0 Å². The minimum absolute atomic E-state index is 0.186. The lowest BCUT2D eigenvalue weighted by Gasteiger charge is -2.44. The number of aromatic nitrogens is 3. The fourth-order valence-electron chi connectivity index (χ4n) is 4.79. The van der Waals surface area contributed by atoms with Gasteiger partial charge in [0, 0.05) is 23.4 Å². The summed E-state index contributed by atoms with van der Waals surface area (Å²) in [4.78, 5) is 31.8. The van der Waals surface area contributed by atoms with Crippen LogP contribution in [0.3, 0.4) is 0 Å². The lowest BCUT2D eigenvalue weighted by molar-refractivity contribution is -0.158. The number of aryl methyl sites for hydroxylation is 2. The van der Waals surface area contributed by atoms with Crippen LogP contribution in [-0.2, 0) is 16.1 Å². The molecule has 0 aliphatic carbocycles. The second-order valence-corrected chi connectivity index (χ2v) is 9.23. The van der Waals surface area contributed by atoms with Crippen LogP contribution in [0.4, 0.5) is 0 Å². The van der Waals surface area contributed by atoms with Crippen molar-refractivity contribution in [3.63, 3.8) is 0 Å². The SMILES string of the molecule is CCn1nc(C)c(C=c2sc3n(c2=O)C2c4ccccc4OC(C)(N=3)C2C(=O)OC)c1C. The topological polar surface area (TPSA) is 87.7 Å². The fraction of sp³-hybridized carbons (Fsp3) is 0.391. The predicted molar refractivity (Wildman–Crippen MR) is 119 cm³/mol. The summed E-state index contributed by atoms with van der Waals surface area (Å²) in [5.74, 6) is -0.614. The van der Waals surface area contributed by atoms with Gasteiger partial charge in [-0.05, 0) is 39.8 Å². The third-order valence-corrected chi connectivity index (χ3v) is 7.33. The Hall–Kier alpha value is -3.20. The van der Waals surface area contributed by atoms with Gasteiger partial charge in [0.25, 0.3) is 5.56 Å². The van der Waals surface area contributed by atoms with Crippen LogP contribution in [0.25, 0.3) is 6.08 Å². The number of carbonyl (C=O) groups is 1. The third kappa shape index (κ3) is 2.80. The number of carbonyl (C=O) groups excluding carboxylic acids is 1. The van der Waals surface area contributed by atoms with Crippen molar-refractivity contribution in [2.45, 2.75) is 46.0 Å². The number of benzene rings is 1. The van der Waals surface area contributed by atoms with Crippen molar-refractivity contribution in [2.75, 3.05) is 7.11 Å². The first-order valence-electron chi connectivity index (χ1n) is 10.5. The van der Waals surface area contributed by atoms with Gasteiger partial charge < -0.3 is 9.47 Å². The van der Waals surface area contributed by atoms with E-state index in [0.29, 0.717) is 15.1 Å². The van der Waals surface area contributed by atoms with Gasteiger partial charge in [-0.15, -0.1) is 0 Å². The minimum atomic E-state index is -1.17. The molecule has 3 atom stereocenters. The average Bonchev–Trinajstić information content (AvgIpc) is 3.21. The number of esters is 1. The van der Waals surface area contributed by atoms with Crippen LogP contribution < -0.4 is 19.6 Å². The summed E-state index contributed by atoms with van der Waals surface area (Å²) in [5, 5.41) is 4.55. The largest absolute Gasteiger partial charge is 0.469 e. The van der Waals surface area contributed by atoms with Crippen molar-refractivity contribution in [1.29, 1.82) is 0 Å². The van der Waals surface area contributed by atoms with Crippen molar-refractivity contribution in [1.82, 2.24) is 14.3 Å². The van der Waals surface area contributed by atoms with E-state index in [9.17, 15) is 9.59 Å². The van der Waals surface area contributed by atoms with E-state index >= 15 is 0 Å². The van der Waals surface area contributed by atoms with Crippen LogP contribution in [0.15, 0.2) is 34.1 Å². The molecule has 8 nitrogen and oxygen atoms in total. The summed E-state index contributed by atoms with van der Waals surface area (Å²) in [6, 6.07) is 6.91. The van der Waals surface area contributed by atoms with Crippen LogP contribution >= 0.6 is 11.3 Å². The van der Waals surface area contributed by atoms with E-state index in [0.717, 1.165) is 29.1 Å². The zero-order valence-electron chi connectivity index (χ0n) is 18.6. The molecule has 2 aliphatic rings. The van der Waals surface area contributed by atoms with Crippen molar-refractivity contribution in [3.05, 3.63) is 66.5 Å². The summed E-state index contributed by atoms with van der Waals surface area (Å²) in [7, 11) is 1.34. The summed E-state index contributed by atoms with van der Waals surface area (Å²) >= 11 is 1.30. The van der Waals surface area contributed by atoms with Gasteiger partial charge in [0.15, 0.2) is 4.80 Å². The highest BCUT2D eigenvalue weighted by atomic mass is 32.1. The van der Waals surface area contributed by atoms with Gasteiger partial charge in [0.1, 0.15) is 11.7 Å². The first-order chi connectivity index (χ1) is 15.3. The molecule has 32 heavy (non-hydrogen) atoms. The summed E-state index contributed by atoms with van der Waals surface area (Å²) in [6.07, 6.45) is 1.88. The Balaban J connectivity index is 1.80. The van der Waals surface area contributed by atoms with E-state index in [1.54, 1.807) is 11.5 Å². The third-order valence-electron chi connectivity index (χ3n) is 6.35. The van der Waals surface area contributed by atoms with E-state index in [2.05, 4.69) is 5.10 Å². The first-order valence-corrected chi connectivity index (χ1v) is 11.3. The number of para-hydroxylation sites is 1. The summed E-state index contributed by atoms with van der Waals surface area (Å²) in [6.45, 7) is 8.49. The highest BCUT2D eigenvalue weighted by molar-refractivity contribution is 7.07. The highest BCUT2D eigenvalue weighted by Crippen LogP contribution is 2.47. The van der Waals surface area contributed by atoms with Gasteiger partial charge in [-0.3, -0.25) is 18.8 Å². The van der Waals surface area contributed by atoms with Crippen LogP contribution in [-0.4, -0.2) is 33.2 Å². The van der Waals surface area contributed by atoms with Gasteiger partial charge in [-0.2, -0.15) is 5.10 Å². The Kier molecular flexibility index (Phi) is 4.63. The van der Waals surface area contributed by atoms with Gasteiger partial charge in [-0.25, -0.2) is 4.99 Å². The van der Waals surface area contributed by atoms with E-state index in [-0.39, 0.29) is 5.56 Å². The quantitative estimate of drug-likeness (QED) is 0.565. The van der Waals surface area contributed by atoms with Gasteiger partial charge in [0.2, 0.25) is 5.72 Å². The molecule has 0 saturated heterocycles. The van der Waals surface area contributed by atoms with Crippen LogP contribution in [0.1, 0.15) is 42.4 Å². The Morgan fingerprint density at radius 1 is 1.34 bits per heavy atom. The molecule has 1 aromatic carbocycles. The van der Waals surface area contributed by atoms with Gasteiger partial charge in [0.05, 0.1) is 23.4 Å². The molecule has 0 spiro atoms. The second-order valence-electron chi connectivity index (χ2n) is 8.22. The maximum absolute atomic E-state index is 13.6. The molecular formula is C23H24N4O4S. The van der Waals surface area contributed by atoms with E-state index in [1.807, 2.05) is 55.8 Å². The van der Waals surface area contributed by atoms with Gasteiger partial charge in [-0.1, -0.05) is 29.5 Å². The number of hydrogen-bond donors (Lipinski definition) is 0. The molecule has 2 bridgehead atoms. The molecule has 9 heteroatoms. The highest BCUT2D eigenvalue weighted by Gasteiger charge is 2.55. The number of rotatable bonds is 3. The normalized spacial score (nSPS) is 23.7. The summed E-state index contributed by atoms with van der Waals surface area (Å²) in [5.41, 5.74) is 2.22. The number of ether oxygens (including phenoxy) is 2. The lowest BCUT2D eigenvalue weighted by Crippen LogP contribution is -2.58. The Morgan fingerprint density at radius 3 is 2.78 bits per heavy atom. The second kappa shape index (κ2) is 7.16. The number of nitrogens with zero attached hydrogens (tertiary/aromatic N) is 4. The smallest absolute Gasteiger partial charge is 0.317 e. The Bertz CT molecular complexity index is 1430. The van der Waals surface area contributed by atoms with Crippen LogP contribution in [0, 0.1) is 19.8 Å². The monoisotopic (exact) mass is 452 g/mol. The fourth-order valence-corrected chi connectivity index (χ4v) is 5.87. The average molecular weight is 453 g/mol. The predicted octanol–water partition coefficient (Wildman–Crippen LogP) is 1.69. The molecular weight excluding hydrogens is 428 g/mol. The lowest BCUT2D eigenvalue weighted by atomic mass is 9.81. The molecule has 0 fully saturated rings. The van der Waals surface area contributed by atoms with E-state index < -0.39 is 23.7 Å². The van der Waals surface area contributed by atoms with E-state index in [4.69, 9.17) is 14.5 Å². The Morgan fingerprint density at radius 2 is 2.09 bits per heavy atom. The van der Waals surface area contributed by atoms with Crippen molar-refractivity contribution in [3.8, 4) is 5.75 Å². The first kappa shape index (κ1) is 20.7. The zero-order valence-corrected chi connectivity index (χ0v) is 19.4. The van der Waals surface area contributed by atoms with E-state index in [1.165, 1.54) is 18.4 Å². The van der Waals surface area contributed by atoms with Gasteiger partial charge >= 0.3 is 5.97 Å². The maximum atomic E-state index is 13.6.